The van der Waals surface area contributed by atoms with E-state index in [1.54, 1.807) is 0 Å². The molecule has 6 heteroatoms. The molecule has 1 amide bonds. The van der Waals surface area contributed by atoms with Gasteiger partial charge in [0.2, 0.25) is 5.91 Å². The molecule has 2 aliphatic heterocycles. The van der Waals surface area contributed by atoms with Crippen LogP contribution in [0.4, 0.5) is 0 Å². The highest BCUT2D eigenvalue weighted by Crippen LogP contribution is 2.30. The molecule has 1 fully saturated rings. The number of rotatable bonds is 4. The van der Waals surface area contributed by atoms with Crippen LogP contribution in [0, 0.1) is 0 Å². The first-order chi connectivity index (χ1) is 12.2. The molecule has 0 radical (unpaired) electrons. The number of hydrogen-bond donors (Lipinski definition) is 0. The summed E-state index contributed by atoms with van der Waals surface area (Å²) in [6.07, 6.45) is 3.71. The third kappa shape index (κ3) is 3.31. The molecule has 1 atom stereocenters. The summed E-state index contributed by atoms with van der Waals surface area (Å²) < 4.78 is 2.23. The van der Waals surface area contributed by atoms with Crippen LogP contribution in [0.3, 0.4) is 0 Å². The fraction of sp³-hybridized carbons (Fsp3) is 0.526. The Bertz CT molecular complexity index is 742. The summed E-state index contributed by atoms with van der Waals surface area (Å²) in [7, 11) is 2.15. The van der Waals surface area contributed by atoms with Crippen LogP contribution in [0.5, 0.6) is 0 Å². The van der Waals surface area contributed by atoms with E-state index in [9.17, 15) is 4.79 Å². The number of likely N-dealkylation sites (tertiary alicyclic amines) is 1. The fourth-order valence-corrected chi connectivity index (χ4v) is 3.93. The first-order valence-corrected chi connectivity index (χ1v) is 9.16. The molecule has 2 aromatic rings. The molecule has 1 aromatic carbocycles. The Morgan fingerprint density at radius 1 is 1.16 bits per heavy atom. The van der Waals surface area contributed by atoms with Crippen molar-refractivity contribution in [2.24, 2.45) is 0 Å². The number of fused-ring (bicyclic) bond motifs is 1. The van der Waals surface area contributed by atoms with Crippen LogP contribution in [0.1, 0.15) is 42.5 Å². The van der Waals surface area contributed by atoms with E-state index < -0.39 is 0 Å². The van der Waals surface area contributed by atoms with Gasteiger partial charge in [0.15, 0.2) is 11.6 Å². The number of aryl methyl sites for hydroxylation is 1. The van der Waals surface area contributed by atoms with E-state index in [-0.39, 0.29) is 5.91 Å². The number of hydrogen-bond acceptors (Lipinski definition) is 4. The lowest BCUT2D eigenvalue weighted by Gasteiger charge is -2.29. The summed E-state index contributed by atoms with van der Waals surface area (Å²) in [5.74, 6) is 2.21. The molecule has 0 unspecified atom stereocenters. The molecule has 2 aliphatic rings. The van der Waals surface area contributed by atoms with Gasteiger partial charge in [0.05, 0.1) is 12.6 Å². The Balaban J connectivity index is 1.39. The second-order valence-electron chi connectivity index (χ2n) is 7.07. The lowest BCUT2D eigenvalue weighted by Crippen LogP contribution is -2.39. The molecular formula is C19H25N5O. The van der Waals surface area contributed by atoms with Gasteiger partial charge in [0.25, 0.3) is 0 Å². The highest BCUT2D eigenvalue weighted by atomic mass is 16.2. The number of carbonyl (C=O) groups excluding carboxylic acids is 1. The van der Waals surface area contributed by atoms with Crippen molar-refractivity contribution in [1.29, 1.82) is 0 Å². The van der Waals surface area contributed by atoms with Crippen molar-refractivity contribution in [3.8, 4) is 0 Å². The number of amides is 1. The van der Waals surface area contributed by atoms with Crippen molar-refractivity contribution in [1.82, 2.24) is 24.6 Å². The molecule has 3 heterocycles. The summed E-state index contributed by atoms with van der Waals surface area (Å²) in [4.78, 5) is 16.8. The van der Waals surface area contributed by atoms with Crippen LogP contribution >= 0.6 is 0 Å². The van der Waals surface area contributed by atoms with Gasteiger partial charge in [0.1, 0.15) is 0 Å². The predicted octanol–water partition coefficient (Wildman–Crippen LogP) is 2.02. The summed E-state index contributed by atoms with van der Waals surface area (Å²) >= 11 is 0. The van der Waals surface area contributed by atoms with E-state index >= 15 is 0 Å². The maximum absolute atomic E-state index is 12.6. The lowest BCUT2D eigenvalue weighted by molar-refractivity contribution is -0.132. The van der Waals surface area contributed by atoms with Crippen molar-refractivity contribution >= 4 is 5.91 Å². The van der Waals surface area contributed by atoms with Crippen LogP contribution in [0.15, 0.2) is 30.3 Å². The minimum atomic E-state index is 0.206. The second-order valence-corrected chi connectivity index (χ2v) is 7.07. The van der Waals surface area contributed by atoms with Crippen LogP contribution in [0.2, 0.25) is 0 Å². The van der Waals surface area contributed by atoms with Gasteiger partial charge in [-0.15, -0.1) is 10.2 Å². The predicted molar refractivity (Wildman–Crippen MR) is 94.8 cm³/mol. The molecule has 132 valence electrons. The van der Waals surface area contributed by atoms with E-state index in [0.717, 1.165) is 44.1 Å². The van der Waals surface area contributed by atoms with Gasteiger partial charge in [-0.25, -0.2) is 0 Å². The molecule has 1 saturated heterocycles. The molecule has 0 saturated carbocycles. The Hall–Kier alpha value is -2.21. The molecule has 0 bridgehead atoms. The first kappa shape index (κ1) is 16.3. The second kappa shape index (κ2) is 6.96. The van der Waals surface area contributed by atoms with E-state index in [0.29, 0.717) is 19.0 Å². The number of benzene rings is 1. The van der Waals surface area contributed by atoms with Gasteiger partial charge >= 0.3 is 0 Å². The van der Waals surface area contributed by atoms with Crippen molar-refractivity contribution in [2.75, 3.05) is 20.1 Å². The Morgan fingerprint density at radius 3 is 2.76 bits per heavy atom. The standard InChI is InChI=1S/C19H25N5O/c1-22-11-5-8-16(22)19-21-20-17-14-23(12-13-24(17)19)18(25)10-9-15-6-3-2-4-7-15/h2-4,6-7,16H,5,8-14H2,1H3/t16-/m0/s1. The third-order valence-electron chi connectivity index (χ3n) is 5.42. The summed E-state index contributed by atoms with van der Waals surface area (Å²) in [6.45, 7) is 3.26. The van der Waals surface area contributed by atoms with E-state index in [1.807, 2.05) is 23.1 Å². The largest absolute Gasteiger partial charge is 0.333 e. The molecule has 0 spiro atoms. The number of nitrogens with zero attached hydrogens (tertiary/aromatic N) is 5. The van der Waals surface area contributed by atoms with Crippen molar-refractivity contribution < 1.29 is 4.79 Å². The van der Waals surface area contributed by atoms with Gasteiger partial charge in [-0.1, -0.05) is 30.3 Å². The first-order valence-electron chi connectivity index (χ1n) is 9.16. The third-order valence-corrected chi connectivity index (χ3v) is 5.42. The molecule has 4 rings (SSSR count). The average Bonchev–Trinajstić information content (AvgIpc) is 3.25. The van der Waals surface area contributed by atoms with Gasteiger partial charge in [-0.3, -0.25) is 9.69 Å². The van der Waals surface area contributed by atoms with Gasteiger partial charge < -0.3 is 9.47 Å². The Labute approximate surface area is 148 Å². The van der Waals surface area contributed by atoms with Crippen molar-refractivity contribution in [3.05, 3.63) is 47.5 Å². The SMILES string of the molecule is CN1CCC[C@H]1c1nnc2n1CCN(C(=O)CCc1ccccc1)C2. The molecule has 6 nitrogen and oxygen atoms in total. The van der Waals surface area contributed by atoms with Crippen LogP contribution in [-0.2, 0) is 24.3 Å². The molecule has 25 heavy (non-hydrogen) atoms. The zero-order chi connectivity index (χ0) is 17.2. The van der Waals surface area contributed by atoms with E-state index in [2.05, 4.69) is 38.8 Å². The average molecular weight is 339 g/mol. The Morgan fingerprint density at radius 2 is 2.00 bits per heavy atom. The monoisotopic (exact) mass is 339 g/mol. The minimum absolute atomic E-state index is 0.206. The van der Waals surface area contributed by atoms with Crippen LogP contribution in [-0.4, -0.2) is 50.6 Å². The highest BCUT2D eigenvalue weighted by Gasteiger charge is 2.31. The molecule has 0 aliphatic carbocycles. The topological polar surface area (TPSA) is 54.3 Å². The minimum Gasteiger partial charge on any atom is -0.333 e. The van der Waals surface area contributed by atoms with Crippen molar-refractivity contribution in [2.45, 2.75) is 44.8 Å². The van der Waals surface area contributed by atoms with E-state index in [1.165, 1.54) is 12.0 Å². The fourth-order valence-electron chi connectivity index (χ4n) is 3.93. The zero-order valence-corrected chi connectivity index (χ0v) is 14.8. The molecule has 0 N–H and O–H groups in total. The smallest absolute Gasteiger partial charge is 0.223 e. The summed E-state index contributed by atoms with van der Waals surface area (Å²) in [5.41, 5.74) is 1.21. The molecule has 1 aromatic heterocycles. The van der Waals surface area contributed by atoms with Crippen LogP contribution < -0.4 is 0 Å². The summed E-state index contributed by atoms with van der Waals surface area (Å²) in [5, 5.41) is 8.83. The maximum atomic E-state index is 12.6. The number of aromatic nitrogens is 3. The van der Waals surface area contributed by atoms with Gasteiger partial charge in [0, 0.05) is 19.5 Å². The highest BCUT2D eigenvalue weighted by molar-refractivity contribution is 5.76. The van der Waals surface area contributed by atoms with E-state index in [4.69, 9.17) is 0 Å². The normalized spacial score (nSPS) is 20.7. The maximum Gasteiger partial charge on any atom is 0.223 e. The summed E-state index contributed by atoms with van der Waals surface area (Å²) in [6, 6.07) is 10.6. The van der Waals surface area contributed by atoms with Crippen molar-refractivity contribution in [3.63, 3.8) is 0 Å². The zero-order valence-electron chi connectivity index (χ0n) is 14.8. The molecular weight excluding hydrogens is 314 g/mol. The van der Waals surface area contributed by atoms with Gasteiger partial charge in [-0.2, -0.15) is 0 Å². The number of carbonyl (C=O) groups is 1. The lowest BCUT2D eigenvalue weighted by atomic mass is 10.1. The quantitative estimate of drug-likeness (QED) is 0.855. The van der Waals surface area contributed by atoms with Crippen LogP contribution in [0.25, 0.3) is 0 Å². The Kier molecular flexibility index (Phi) is 4.53. The van der Waals surface area contributed by atoms with Gasteiger partial charge in [-0.05, 0) is 38.4 Å².